The van der Waals surface area contributed by atoms with Crippen LogP contribution in [0.15, 0.2) is 0 Å². The molecule has 1 aliphatic heterocycles. The molecular formula is C16H24BrNO3S. The van der Waals surface area contributed by atoms with Crippen LogP contribution in [0.5, 0.6) is 0 Å². The van der Waals surface area contributed by atoms with E-state index in [4.69, 9.17) is 17.0 Å². The molecule has 5 atom stereocenters. The third-order valence-electron chi connectivity index (χ3n) is 6.24. The number of amides is 1. The molecular weight excluding hydrogens is 366 g/mol. The monoisotopic (exact) mass is 389 g/mol. The van der Waals surface area contributed by atoms with Gasteiger partial charge in [-0.3, -0.25) is 9.69 Å². The number of ether oxygens (including phenoxy) is 1. The standard InChI is InChI=1S/C16H24BrNO3S/c1-4-5-10(19)12(17)13(20)18-14(22)21-11-8-9-6-7-16(11,18)15(9,2)3/h9-12,19H,4-8H2,1-3H3/t9-,10+,11-,12-,16+/m1/s1. The molecule has 2 bridgehead atoms. The summed E-state index contributed by atoms with van der Waals surface area (Å²) in [4.78, 5) is 14.1. The molecule has 4 nitrogen and oxygen atoms in total. The molecule has 6 heteroatoms. The van der Waals surface area contributed by atoms with Crippen LogP contribution < -0.4 is 0 Å². The van der Waals surface area contributed by atoms with Gasteiger partial charge in [-0.05, 0) is 49.2 Å². The number of nitrogens with zero attached hydrogens (tertiary/aromatic N) is 1. The molecule has 0 unspecified atom stereocenters. The smallest absolute Gasteiger partial charge is 0.267 e. The Balaban J connectivity index is 1.92. The number of rotatable bonds is 4. The van der Waals surface area contributed by atoms with Gasteiger partial charge < -0.3 is 9.84 Å². The van der Waals surface area contributed by atoms with E-state index in [1.54, 1.807) is 4.90 Å². The van der Waals surface area contributed by atoms with Crippen molar-refractivity contribution in [3.63, 3.8) is 0 Å². The number of hydrogen-bond acceptors (Lipinski definition) is 4. The minimum Gasteiger partial charge on any atom is -0.465 e. The number of carbonyl (C=O) groups is 1. The number of fused-ring (bicyclic) bond motifs is 1. The van der Waals surface area contributed by atoms with Crippen LogP contribution in [0.25, 0.3) is 0 Å². The SMILES string of the molecule is CCC[C@H](O)[C@@H](Br)C(=O)N1C(=S)O[C@@H]2C[C@H]3CC[C@@]21C3(C)C. The number of alkyl halides is 1. The summed E-state index contributed by atoms with van der Waals surface area (Å²) in [5, 5.41) is 10.5. The molecule has 2 saturated carbocycles. The first-order valence-corrected chi connectivity index (χ1v) is 9.46. The molecule has 0 radical (unpaired) electrons. The van der Waals surface area contributed by atoms with Crippen molar-refractivity contribution in [2.24, 2.45) is 11.3 Å². The van der Waals surface area contributed by atoms with Gasteiger partial charge in [0, 0.05) is 0 Å². The Hall–Kier alpha value is -0.200. The predicted molar refractivity (Wildman–Crippen MR) is 91.8 cm³/mol. The molecule has 0 aromatic rings. The predicted octanol–water partition coefficient (Wildman–Crippen LogP) is 3.00. The molecule has 1 spiro atoms. The molecule has 0 aromatic heterocycles. The first-order chi connectivity index (χ1) is 10.3. The molecule has 3 aliphatic rings. The van der Waals surface area contributed by atoms with Crippen molar-refractivity contribution in [2.75, 3.05) is 0 Å². The molecule has 1 amide bonds. The van der Waals surface area contributed by atoms with E-state index in [-0.39, 0.29) is 28.1 Å². The number of aliphatic hydroxyl groups excluding tert-OH is 1. The normalized spacial score (nSPS) is 37.9. The van der Waals surface area contributed by atoms with Crippen molar-refractivity contribution >= 4 is 39.2 Å². The van der Waals surface area contributed by atoms with Gasteiger partial charge in [0.15, 0.2) is 0 Å². The lowest BCUT2D eigenvalue weighted by molar-refractivity contribution is -0.134. The largest absolute Gasteiger partial charge is 0.465 e. The van der Waals surface area contributed by atoms with Crippen LogP contribution in [-0.4, -0.2) is 43.7 Å². The maximum absolute atomic E-state index is 13.0. The highest BCUT2D eigenvalue weighted by atomic mass is 79.9. The Morgan fingerprint density at radius 1 is 1.59 bits per heavy atom. The molecule has 124 valence electrons. The fourth-order valence-electron chi connectivity index (χ4n) is 4.92. The average molecular weight is 390 g/mol. The number of carbonyl (C=O) groups excluding carboxylic acids is 1. The Bertz CT molecular complexity index is 512. The van der Waals surface area contributed by atoms with Crippen LogP contribution in [0.4, 0.5) is 0 Å². The van der Waals surface area contributed by atoms with Gasteiger partial charge in [0.05, 0.1) is 11.6 Å². The minimum atomic E-state index is -0.697. The first kappa shape index (κ1) is 16.7. The number of hydrogen-bond donors (Lipinski definition) is 1. The molecule has 0 aromatic carbocycles. The molecule has 22 heavy (non-hydrogen) atoms. The van der Waals surface area contributed by atoms with Crippen molar-refractivity contribution in [2.45, 2.75) is 75.4 Å². The number of halogens is 1. The van der Waals surface area contributed by atoms with E-state index in [1.165, 1.54) is 0 Å². The third-order valence-corrected chi connectivity index (χ3v) is 7.53. The molecule has 1 saturated heterocycles. The Morgan fingerprint density at radius 3 is 2.86 bits per heavy atom. The highest BCUT2D eigenvalue weighted by Gasteiger charge is 2.73. The lowest BCUT2D eigenvalue weighted by atomic mass is 9.74. The zero-order valence-corrected chi connectivity index (χ0v) is 15.7. The summed E-state index contributed by atoms with van der Waals surface area (Å²) >= 11 is 8.77. The summed E-state index contributed by atoms with van der Waals surface area (Å²) in [6, 6.07) is 0. The van der Waals surface area contributed by atoms with E-state index in [2.05, 4.69) is 29.8 Å². The van der Waals surface area contributed by atoms with Crippen LogP contribution in [0.2, 0.25) is 0 Å². The van der Waals surface area contributed by atoms with Crippen molar-refractivity contribution in [3.05, 3.63) is 0 Å². The van der Waals surface area contributed by atoms with E-state index in [1.807, 2.05) is 6.92 Å². The van der Waals surface area contributed by atoms with Crippen molar-refractivity contribution in [3.8, 4) is 0 Å². The topological polar surface area (TPSA) is 49.8 Å². The van der Waals surface area contributed by atoms with Crippen molar-refractivity contribution in [1.82, 2.24) is 4.90 Å². The average Bonchev–Trinajstić information content (AvgIpc) is 2.97. The lowest BCUT2D eigenvalue weighted by Gasteiger charge is -2.43. The Kier molecular flexibility index (Phi) is 4.10. The van der Waals surface area contributed by atoms with Crippen LogP contribution in [0.1, 0.15) is 52.9 Å². The summed E-state index contributed by atoms with van der Waals surface area (Å²) < 4.78 is 5.90. The van der Waals surface area contributed by atoms with E-state index in [0.29, 0.717) is 12.3 Å². The van der Waals surface area contributed by atoms with Gasteiger partial charge in [-0.25, -0.2) is 0 Å². The van der Waals surface area contributed by atoms with E-state index >= 15 is 0 Å². The van der Waals surface area contributed by atoms with Gasteiger partial charge in [-0.2, -0.15) is 0 Å². The van der Waals surface area contributed by atoms with Crippen LogP contribution in [0.3, 0.4) is 0 Å². The van der Waals surface area contributed by atoms with Gasteiger partial charge in [0.25, 0.3) is 5.17 Å². The second-order valence-electron chi connectivity index (χ2n) is 7.42. The van der Waals surface area contributed by atoms with Crippen LogP contribution >= 0.6 is 28.1 Å². The fraction of sp³-hybridized carbons (Fsp3) is 0.875. The first-order valence-electron chi connectivity index (χ1n) is 8.14. The molecule has 3 fully saturated rings. The molecule has 1 heterocycles. The number of aliphatic hydroxyl groups is 1. The lowest BCUT2D eigenvalue weighted by Crippen LogP contribution is -2.59. The molecule has 2 aliphatic carbocycles. The Labute approximate surface area is 145 Å². The molecule has 3 rings (SSSR count). The fourth-order valence-corrected chi connectivity index (χ4v) is 5.75. The highest BCUT2D eigenvalue weighted by molar-refractivity contribution is 9.10. The van der Waals surface area contributed by atoms with Crippen LogP contribution in [-0.2, 0) is 9.53 Å². The zero-order chi connectivity index (χ0) is 16.3. The Morgan fingerprint density at radius 2 is 2.27 bits per heavy atom. The quantitative estimate of drug-likeness (QED) is 0.592. The summed E-state index contributed by atoms with van der Waals surface area (Å²) in [5.74, 6) is 0.425. The van der Waals surface area contributed by atoms with E-state index in [9.17, 15) is 9.90 Å². The summed E-state index contributed by atoms with van der Waals surface area (Å²) in [6.07, 6.45) is 3.76. The summed E-state index contributed by atoms with van der Waals surface area (Å²) in [7, 11) is 0. The van der Waals surface area contributed by atoms with Gasteiger partial charge in [0.1, 0.15) is 10.9 Å². The molecule has 1 N–H and O–H groups in total. The third kappa shape index (κ3) is 1.96. The van der Waals surface area contributed by atoms with Crippen molar-refractivity contribution < 1.29 is 14.6 Å². The number of thiocarbonyl (C=S) groups is 1. The second kappa shape index (κ2) is 5.42. The maximum atomic E-state index is 13.0. The zero-order valence-electron chi connectivity index (χ0n) is 13.3. The summed E-state index contributed by atoms with van der Waals surface area (Å²) in [5.41, 5.74) is -0.333. The minimum absolute atomic E-state index is 0.00366. The maximum Gasteiger partial charge on any atom is 0.267 e. The van der Waals surface area contributed by atoms with Crippen LogP contribution in [0, 0.1) is 11.3 Å². The summed E-state index contributed by atoms with van der Waals surface area (Å²) in [6.45, 7) is 6.45. The van der Waals surface area contributed by atoms with E-state index in [0.717, 1.165) is 25.7 Å². The second-order valence-corrected chi connectivity index (χ2v) is 8.76. The van der Waals surface area contributed by atoms with E-state index < -0.39 is 10.9 Å². The highest BCUT2D eigenvalue weighted by Crippen LogP contribution is 2.66. The van der Waals surface area contributed by atoms with Gasteiger partial charge in [-0.1, -0.05) is 43.1 Å². The van der Waals surface area contributed by atoms with Gasteiger partial charge in [0.2, 0.25) is 5.91 Å². The van der Waals surface area contributed by atoms with Gasteiger partial charge in [-0.15, -0.1) is 0 Å². The van der Waals surface area contributed by atoms with Crippen molar-refractivity contribution in [1.29, 1.82) is 0 Å². The van der Waals surface area contributed by atoms with Gasteiger partial charge >= 0.3 is 0 Å².